The molecule has 0 aromatic carbocycles. The van der Waals surface area contributed by atoms with E-state index in [9.17, 15) is 0 Å². The third-order valence-corrected chi connectivity index (χ3v) is 2.89. The molecule has 14 heavy (non-hydrogen) atoms. The van der Waals surface area contributed by atoms with Crippen LogP contribution in [-0.4, -0.2) is 5.54 Å². The molecule has 0 aromatic heterocycles. The number of nitrogens with one attached hydrogen (secondary N) is 1. The Morgan fingerprint density at radius 1 is 1.43 bits per heavy atom. The standard InChI is InChI=1S/C13H19N/c1-9-5-6-12-11(7-9)10(2)8-13(3,4)14-12/h6-9,14H,5H2,1-4H3. The third kappa shape index (κ3) is 1.63. The monoisotopic (exact) mass is 189 g/mol. The number of allylic oxidation sites excluding steroid dienone is 3. The fourth-order valence-electron chi connectivity index (χ4n) is 2.32. The molecule has 0 saturated carbocycles. The topological polar surface area (TPSA) is 12.0 Å². The van der Waals surface area contributed by atoms with Gasteiger partial charge in [-0.1, -0.05) is 25.2 Å². The van der Waals surface area contributed by atoms with Gasteiger partial charge in [0.25, 0.3) is 0 Å². The average molecular weight is 189 g/mol. The highest BCUT2D eigenvalue weighted by Gasteiger charge is 2.26. The maximum atomic E-state index is 3.56. The van der Waals surface area contributed by atoms with Crippen LogP contribution in [0.3, 0.4) is 0 Å². The summed E-state index contributed by atoms with van der Waals surface area (Å²) in [5.41, 5.74) is 4.25. The molecule has 76 valence electrons. The zero-order valence-corrected chi connectivity index (χ0v) is 9.52. The van der Waals surface area contributed by atoms with E-state index in [0.717, 1.165) is 6.42 Å². The number of hydrogen-bond acceptors (Lipinski definition) is 1. The molecule has 0 spiro atoms. The van der Waals surface area contributed by atoms with Crippen LogP contribution in [0.25, 0.3) is 0 Å². The van der Waals surface area contributed by atoms with Crippen molar-refractivity contribution in [3.05, 3.63) is 35.1 Å². The van der Waals surface area contributed by atoms with E-state index in [1.54, 1.807) is 0 Å². The van der Waals surface area contributed by atoms with Gasteiger partial charge in [0.2, 0.25) is 0 Å². The van der Waals surface area contributed by atoms with Gasteiger partial charge in [0.1, 0.15) is 0 Å². The largest absolute Gasteiger partial charge is 0.376 e. The van der Waals surface area contributed by atoms with Crippen LogP contribution in [0.5, 0.6) is 0 Å². The van der Waals surface area contributed by atoms with Crippen molar-refractivity contribution in [1.82, 2.24) is 5.32 Å². The van der Waals surface area contributed by atoms with Crippen LogP contribution in [0, 0.1) is 5.92 Å². The molecule has 0 amide bonds. The molecule has 1 N–H and O–H groups in total. The molecule has 0 fully saturated rings. The van der Waals surface area contributed by atoms with Crippen LogP contribution in [0.2, 0.25) is 0 Å². The van der Waals surface area contributed by atoms with Gasteiger partial charge in [0.15, 0.2) is 0 Å². The lowest BCUT2D eigenvalue weighted by atomic mass is 9.84. The first-order valence-electron chi connectivity index (χ1n) is 5.38. The molecule has 1 nitrogen and oxygen atoms in total. The van der Waals surface area contributed by atoms with E-state index in [4.69, 9.17) is 0 Å². The Labute approximate surface area is 86.6 Å². The molecular weight excluding hydrogens is 170 g/mol. The van der Waals surface area contributed by atoms with Crippen molar-refractivity contribution >= 4 is 0 Å². The third-order valence-electron chi connectivity index (χ3n) is 2.89. The van der Waals surface area contributed by atoms with Crippen LogP contribution in [0.4, 0.5) is 0 Å². The minimum Gasteiger partial charge on any atom is -0.376 e. The summed E-state index contributed by atoms with van der Waals surface area (Å²) in [5.74, 6) is 0.681. The van der Waals surface area contributed by atoms with Crippen molar-refractivity contribution in [2.75, 3.05) is 0 Å². The minimum absolute atomic E-state index is 0.105. The smallest absolute Gasteiger partial charge is 0.0505 e. The lowest BCUT2D eigenvalue weighted by molar-refractivity contribution is 0.512. The van der Waals surface area contributed by atoms with E-state index in [1.165, 1.54) is 16.8 Å². The summed E-state index contributed by atoms with van der Waals surface area (Å²) in [6.07, 6.45) is 8.19. The van der Waals surface area contributed by atoms with Crippen molar-refractivity contribution in [2.45, 2.75) is 39.7 Å². The Hall–Kier alpha value is -0.980. The highest BCUT2D eigenvalue weighted by atomic mass is 15.0. The number of fused-ring (bicyclic) bond motifs is 1. The van der Waals surface area contributed by atoms with Crippen LogP contribution >= 0.6 is 0 Å². The average Bonchev–Trinajstić information content (AvgIpc) is 2.05. The van der Waals surface area contributed by atoms with Crippen LogP contribution in [0.15, 0.2) is 35.1 Å². The molecular formula is C13H19N. The summed E-state index contributed by atoms with van der Waals surface area (Å²) in [4.78, 5) is 0. The summed E-state index contributed by atoms with van der Waals surface area (Å²) in [6.45, 7) is 8.91. The zero-order chi connectivity index (χ0) is 10.3. The van der Waals surface area contributed by atoms with Crippen molar-refractivity contribution in [3.63, 3.8) is 0 Å². The molecule has 0 radical (unpaired) electrons. The van der Waals surface area contributed by atoms with E-state index >= 15 is 0 Å². The Morgan fingerprint density at radius 3 is 2.86 bits per heavy atom. The van der Waals surface area contributed by atoms with E-state index in [-0.39, 0.29) is 5.54 Å². The summed E-state index contributed by atoms with van der Waals surface area (Å²) in [7, 11) is 0. The predicted molar refractivity (Wildman–Crippen MR) is 60.9 cm³/mol. The highest BCUT2D eigenvalue weighted by molar-refractivity contribution is 5.51. The first-order valence-corrected chi connectivity index (χ1v) is 5.38. The van der Waals surface area contributed by atoms with Crippen LogP contribution < -0.4 is 5.32 Å². The van der Waals surface area contributed by atoms with Gasteiger partial charge in [-0.3, -0.25) is 0 Å². The Bertz CT molecular complexity index is 342. The normalized spacial score (nSPS) is 29.4. The van der Waals surface area contributed by atoms with Gasteiger partial charge in [-0.2, -0.15) is 0 Å². The van der Waals surface area contributed by atoms with Gasteiger partial charge >= 0.3 is 0 Å². The fraction of sp³-hybridized carbons (Fsp3) is 0.538. The molecule has 2 aliphatic rings. The first-order chi connectivity index (χ1) is 6.48. The molecule has 1 unspecified atom stereocenters. The second kappa shape index (κ2) is 3.01. The van der Waals surface area contributed by atoms with Gasteiger partial charge in [-0.25, -0.2) is 0 Å². The zero-order valence-electron chi connectivity index (χ0n) is 9.52. The Morgan fingerprint density at radius 2 is 2.14 bits per heavy atom. The highest BCUT2D eigenvalue weighted by Crippen LogP contribution is 2.32. The maximum absolute atomic E-state index is 3.56. The van der Waals surface area contributed by atoms with Gasteiger partial charge in [-0.15, -0.1) is 0 Å². The fourth-order valence-corrected chi connectivity index (χ4v) is 2.32. The SMILES string of the molecule is CC1=CC(C)(C)NC2=CCC(C)C=C12. The number of hydrogen-bond donors (Lipinski definition) is 1. The Kier molecular flexibility index (Phi) is 2.06. The quantitative estimate of drug-likeness (QED) is 0.617. The van der Waals surface area contributed by atoms with Crippen molar-refractivity contribution in [1.29, 1.82) is 0 Å². The first kappa shape index (κ1) is 9.57. The molecule has 1 heterocycles. The summed E-state index contributed by atoms with van der Waals surface area (Å²) in [5, 5.41) is 3.56. The molecule has 1 atom stereocenters. The number of rotatable bonds is 0. The van der Waals surface area contributed by atoms with Crippen molar-refractivity contribution in [2.24, 2.45) is 5.92 Å². The van der Waals surface area contributed by atoms with E-state index in [0.29, 0.717) is 5.92 Å². The van der Waals surface area contributed by atoms with Gasteiger partial charge in [0.05, 0.1) is 5.54 Å². The lowest BCUT2D eigenvalue weighted by Crippen LogP contribution is -2.41. The summed E-state index contributed by atoms with van der Waals surface area (Å²) >= 11 is 0. The summed E-state index contributed by atoms with van der Waals surface area (Å²) in [6, 6.07) is 0. The minimum atomic E-state index is 0.105. The molecule has 1 heteroatoms. The van der Waals surface area contributed by atoms with Crippen LogP contribution in [0.1, 0.15) is 34.1 Å². The second-order valence-corrected chi connectivity index (χ2v) is 5.09. The molecule has 0 aromatic rings. The molecule has 0 bridgehead atoms. The second-order valence-electron chi connectivity index (χ2n) is 5.09. The summed E-state index contributed by atoms with van der Waals surface area (Å²) < 4.78 is 0. The van der Waals surface area contributed by atoms with Gasteiger partial charge in [0, 0.05) is 5.70 Å². The van der Waals surface area contributed by atoms with E-state index in [1.807, 2.05) is 0 Å². The predicted octanol–water partition coefficient (Wildman–Crippen LogP) is 3.16. The van der Waals surface area contributed by atoms with Gasteiger partial charge < -0.3 is 5.32 Å². The molecule has 1 aliphatic carbocycles. The lowest BCUT2D eigenvalue weighted by Gasteiger charge is -2.35. The molecule has 2 rings (SSSR count). The van der Waals surface area contributed by atoms with E-state index in [2.05, 4.69) is 51.2 Å². The maximum Gasteiger partial charge on any atom is 0.0505 e. The van der Waals surface area contributed by atoms with Crippen molar-refractivity contribution in [3.8, 4) is 0 Å². The molecule has 1 aliphatic heterocycles. The van der Waals surface area contributed by atoms with Crippen molar-refractivity contribution < 1.29 is 0 Å². The van der Waals surface area contributed by atoms with Gasteiger partial charge in [-0.05, 0) is 44.3 Å². The van der Waals surface area contributed by atoms with Crippen LogP contribution in [-0.2, 0) is 0 Å². The Balaban J connectivity index is 2.43. The molecule has 0 saturated heterocycles. The van der Waals surface area contributed by atoms with E-state index < -0.39 is 0 Å².